The van der Waals surface area contributed by atoms with Crippen molar-refractivity contribution in [1.29, 1.82) is 0 Å². The molecule has 5 atom stereocenters. The van der Waals surface area contributed by atoms with Gasteiger partial charge in [0.25, 0.3) is 0 Å². The highest BCUT2D eigenvalue weighted by atomic mass is 32.2. The monoisotopic (exact) mass is 374 g/mol. The summed E-state index contributed by atoms with van der Waals surface area (Å²) in [5.74, 6) is -0.603. The van der Waals surface area contributed by atoms with Crippen LogP contribution in [0.2, 0.25) is 0 Å². The minimum absolute atomic E-state index is 0.0615. The third-order valence-electron chi connectivity index (χ3n) is 4.83. The van der Waals surface area contributed by atoms with Gasteiger partial charge in [-0.15, -0.1) is 0 Å². The van der Waals surface area contributed by atoms with Crippen LogP contribution in [0.3, 0.4) is 0 Å². The Hall–Kier alpha value is -0.560. The number of rotatable bonds is 13. The first-order valence-corrected chi connectivity index (χ1v) is 11.0. The molecule has 0 radical (unpaired) electrons. The van der Waals surface area contributed by atoms with Crippen molar-refractivity contribution in [1.82, 2.24) is 0 Å². The molecule has 0 saturated carbocycles. The number of carboxylic acids is 1. The Morgan fingerprint density at radius 2 is 1.96 bits per heavy atom. The maximum Gasteiger partial charge on any atom is 0.303 e. The largest absolute Gasteiger partial charge is 0.616 e. The molecule has 3 N–H and O–H groups in total. The first-order valence-electron chi connectivity index (χ1n) is 9.59. The number of aliphatic hydroxyl groups is 2. The Bertz CT molecular complexity index is 401. The number of unbranched alkanes of at least 4 members (excludes halogenated alkanes) is 5. The van der Waals surface area contributed by atoms with Gasteiger partial charge in [0.1, 0.15) is 17.1 Å². The topological polar surface area (TPSA) is 101 Å². The first-order chi connectivity index (χ1) is 12.0. The third kappa shape index (κ3) is 9.08. The Kier molecular flexibility index (Phi) is 11.5. The fourth-order valence-electron chi connectivity index (χ4n) is 3.33. The van der Waals surface area contributed by atoms with E-state index >= 15 is 0 Å². The van der Waals surface area contributed by atoms with Gasteiger partial charge >= 0.3 is 5.97 Å². The van der Waals surface area contributed by atoms with Gasteiger partial charge in [-0.2, -0.15) is 0 Å². The molecule has 0 aromatic carbocycles. The van der Waals surface area contributed by atoms with Gasteiger partial charge in [0.2, 0.25) is 0 Å². The van der Waals surface area contributed by atoms with Crippen molar-refractivity contribution >= 4 is 17.1 Å². The van der Waals surface area contributed by atoms with E-state index in [0.717, 1.165) is 51.4 Å². The highest BCUT2D eigenvalue weighted by Crippen LogP contribution is 2.32. The molecular formula is C19H34O5S. The first kappa shape index (κ1) is 22.5. The van der Waals surface area contributed by atoms with Gasteiger partial charge in [0, 0.05) is 6.42 Å². The summed E-state index contributed by atoms with van der Waals surface area (Å²) in [7, 11) is 0. The number of hydrogen-bond acceptors (Lipinski definition) is 4. The predicted octanol–water partition coefficient (Wildman–Crippen LogP) is 3.02. The SMILES string of the molecule is CCCCCC(O)/C=C/C1C(O)C[S+]([O-])C1CCCCCCC(=O)O. The molecular weight excluding hydrogens is 340 g/mol. The summed E-state index contributed by atoms with van der Waals surface area (Å²) >= 11 is -1.03. The van der Waals surface area contributed by atoms with Gasteiger partial charge in [0.15, 0.2) is 0 Å². The zero-order chi connectivity index (χ0) is 18.7. The van der Waals surface area contributed by atoms with Crippen LogP contribution >= 0.6 is 0 Å². The van der Waals surface area contributed by atoms with E-state index in [1.807, 2.05) is 6.08 Å². The molecule has 1 heterocycles. The molecule has 0 spiro atoms. The normalized spacial score (nSPS) is 27.8. The van der Waals surface area contributed by atoms with E-state index in [4.69, 9.17) is 5.11 Å². The Balaban J connectivity index is 2.38. The van der Waals surface area contributed by atoms with Crippen molar-refractivity contribution < 1.29 is 24.7 Å². The summed E-state index contributed by atoms with van der Waals surface area (Å²) in [6.07, 6.45) is 10.8. The highest BCUT2D eigenvalue weighted by molar-refractivity contribution is 7.92. The second-order valence-electron chi connectivity index (χ2n) is 7.03. The van der Waals surface area contributed by atoms with Crippen molar-refractivity contribution in [2.45, 2.75) is 88.6 Å². The molecule has 0 aromatic heterocycles. The summed E-state index contributed by atoms with van der Waals surface area (Å²) < 4.78 is 12.2. The molecule has 1 aliphatic rings. The van der Waals surface area contributed by atoms with Crippen LogP contribution in [0.15, 0.2) is 12.2 Å². The summed E-state index contributed by atoms with van der Waals surface area (Å²) in [5, 5.41) is 28.7. The van der Waals surface area contributed by atoms with Crippen molar-refractivity contribution in [3.05, 3.63) is 12.2 Å². The van der Waals surface area contributed by atoms with Crippen LogP contribution in [0, 0.1) is 5.92 Å². The van der Waals surface area contributed by atoms with Gasteiger partial charge < -0.3 is 19.9 Å². The zero-order valence-electron chi connectivity index (χ0n) is 15.3. The van der Waals surface area contributed by atoms with E-state index in [-0.39, 0.29) is 17.6 Å². The smallest absolute Gasteiger partial charge is 0.303 e. The molecule has 0 bridgehead atoms. The van der Waals surface area contributed by atoms with Crippen molar-refractivity contribution in [2.75, 3.05) is 5.75 Å². The second kappa shape index (κ2) is 12.7. The highest BCUT2D eigenvalue weighted by Gasteiger charge is 2.43. The summed E-state index contributed by atoms with van der Waals surface area (Å²) in [5.41, 5.74) is 0. The molecule has 1 fully saturated rings. The van der Waals surface area contributed by atoms with Gasteiger partial charge in [-0.3, -0.25) is 4.79 Å². The van der Waals surface area contributed by atoms with Crippen LogP contribution in [0.4, 0.5) is 0 Å². The fraction of sp³-hybridized carbons (Fsp3) is 0.842. The van der Waals surface area contributed by atoms with Gasteiger partial charge in [-0.05, 0) is 36.9 Å². The average molecular weight is 375 g/mol. The zero-order valence-corrected chi connectivity index (χ0v) is 16.1. The number of aliphatic carboxylic acids is 1. The molecule has 0 aliphatic carbocycles. The lowest BCUT2D eigenvalue weighted by Gasteiger charge is -2.18. The Morgan fingerprint density at radius 3 is 2.64 bits per heavy atom. The van der Waals surface area contributed by atoms with E-state index in [1.165, 1.54) is 0 Å². The van der Waals surface area contributed by atoms with Crippen molar-refractivity contribution in [3.63, 3.8) is 0 Å². The van der Waals surface area contributed by atoms with Crippen LogP contribution in [-0.4, -0.2) is 49.1 Å². The lowest BCUT2D eigenvalue weighted by molar-refractivity contribution is -0.137. The third-order valence-corrected chi connectivity index (χ3v) is 6.73. The molecule has 0 amide bonds. The molecule has 146 valence electrons. The molecule has 0 aromatic rings. The second-order valence-corrected chi connectivity index (χ2v) is 8.73. The maximum absolute atomic E-state index is 12.2. The summed E-state index contributed by atoms with van der Waals surface area (Å²) in [4.78, 5) is 10.5. The van der Waals surface area contributed by atoms with Crippen molar-refractivity contribution in [3.8, 4) is 0 Å². The number of carboxylic acid groups (broad SMARTS) is 1. The van der Waals surface area contributed by atoms with Crippen LogP contribution in [0.5, 0.6) is 0 Å². The average Bonchev–Trinajstić information content (AvgIpc) is 2.82. The number of carbonyl (C=O) groups is 1. The minimum Gasteiger partial charge on any atom is -0.616 e. The lowest BCUT2D eigenvalue weighted by atomic mass is 9.94. The van der Waals surface area contributed by atoms with Gasteiger partial charge in [0.05, 0.1) is 12.0 Å². The van der Waals surface area contributed by atoms with E-state index < -0.39 is 29.4 Å². The van der Waals surface area contributed by atoms with Gasteiger partial charge in [-0.1, -0.05) is 51.2 Å². The molecule has 5 nitrogen and oxygen atoms in total. The Labute approximate surface area is 154 Å². The molecule has 1 rings (SSSR count). The number of aliphatic hydroxyl groups excluding tert-OH is 2. The van der Waals surface area contributed by atoms with Crippen molar-refractivity contribution in [2.24, 2.45) is 5.92 Å². The molecule has 5 unspecified atom stereocenters. The fourth-order valence-corrected chi connectivity index (χ4v) is 5.19. The van der Waals surface area contributed by atoms with E-state index in [2.05, 4.69) is 6.92 Å². The molecule has 1 aliphatic heterocycles. The van der Waals surface area contributed by atoms with E-state index in [9.17, 15) is 19.6 Å². The van der Waals surface area contributed by atoms with E-state index in [0.29, 0.717) is 12.2 Å². The lowest BCUT2D eigenvalue weighted by Crippen LogP contribution is -2.24. The summed E-state index contributed by atoms with van der Waals surface area (Å²) in [6.45, 7) is 2.12. The standard InChI is InChI=1S/C19H34O5S/c1-2-3-6-9-15(20)12-13-16-17(21)14-25(24)18(16)10-7-4-5-8-11-19(22)23/h12-13,15-18,20-21H,2-11,14H2,1H3,(H,22,23)/b13-12+. The van der Waals surface area contributed by atoms with Crippen LogP contribution < -0.4 is 0 Å². The number of hydrogen-bond donors (Lipinski definition) is 3. The molecule has 1 saturated heterocycles. The summed E-state index contributed by atoms with van der Waals surface area (Å²) in [6, 6.07) is 0. The van der Waals surface area contributed by atoms with E-state index in [1.54, 1.807) is 6.08 Å². The van der Waals surface area contributed by atoms with Crippen LogP contribution in [0.25, 0.3) is 0 Å². The quantitative estimate of drug-likeness (QED) is 0.261. The Morgan fingerprint density at radius 1 is 1.24 bits per heavy atom. The minimum atomic E-state index is -1.03. The molecule has 25 heavy (non-hydrogen) atoms. The van der Waals surface area contributed by atoms with Crippen LogP contribution in [-0.2, 0) is 16.0 Å². The van der Waals surface area contributed by atoms with Gasteiger partial charge in [-0.25, -0.2) is 0 Å². The van der Waals surface area contributed by atoms with Crippen LogP contribution in [0.1, 0.15) is 71.1 Å². The maximum atomic E-state index is 12.2. The molecule has 6 heteroatoms. The predicted molar refractivity (Wildman–Crippen MR) is 101 cm³/mol.